The van der Waals surface area contributed by atoms with E-state index in [-0.39, 0.29) is 11.9 Å². The smallest absolute Gasteiger partial charge is 0.137 e. The Kier molecular flexibility index (Phi) is 3.73. The van der Waals surface area contributed by atoms with Crippen LogP contribution in [0.5, 0.6) is 0 Å². The summed E-state index contributed by atoms with van der Waals surface area (Å²) in [6.07, 6.45) is 4.90. The molecule has 2 aliphatic rings. The fourth-order valence-electron chi connectivity index (χ4n) is 3.76. The lowest BCUT2D eigenvalue weighted by molar-refractivity contribution is 0.309. The van der Waals surface area contributed by atoms with Gasteiger partial charge in [0, 0.05) is 31.6 Å². The molecule has 0 N–H and O–H groups in total. The molecule has 3 heterocycles. The first kappa shape index (κ1) is 14.6. The van der Waals surface area contributed by atoms with Crippen LogP contribution >= 0.6 is 0 Å². The van der Waals surface area contributed by atoms with Crippen molar-refractivity contribution in [2.75, 3.05) is 25.0 Å². The van der Waals surface area contributed by atoms with Gasteiger partial charge in [-0.3, -0.25) is 0 Å². The third-order valence-electron chi connectivity index (χ3n) is 4.95. The first-order valence-corrected chi connectivity index (χ1v) is 8.26. The van der Waals surface area contributed by atoms with Crippen molar-refractivity contribution in [3.05, 3.63) is 53.2 Å². The average molecular weight is 312 g/mol. The first-order valence-electron chi connectivity index (χ1n) is 8.26. The number of rotatable bonds is 2. The van der Waals surface area contributed by atoms with Crippen LogP contribution in [0, 0.1) is 5.82 Å². The normalized spacial score (nSPS) is 21.5. The summed E-state index contributed by atoms with van der Waals surface area (Å²) in [6.45, 7) is 2.94. The molecule has 0 radical (unpaired) electrons. The predicted octanol–water partition coefficient (Wildman–Crippen LogP) is 2.95. The Morgan fingerprint density at radius 2 is 1.96 bits per heavy atom. The van der Waals surface area contributed by atoms with Crippen molar-refractivity contribution < 1.29 is 4.39 Å². The van der Waals surface area contributed by atoms with E-state index in [0.717, 1.165) is 44.7 Å². The molecule has 1 aromatic heterocycles. The van der Waals surface area contributed by atoms with E-state index in [1.807, 2.05) is 12.1 Å². The molecule has 0 aliphatic carbocycles. The van der Waals surface area contributed by atoms with Gasteiger partial charge < -0.3 is 9.80 Å². The largest absolute Gasteiger partial charge is 0.349 e. The summed E-state index contributed by atoms with van der Waals surface area (Å²) in [5, 5.41) is 0. The van der Waals surface area contributed by atoms with Gasteiger partial charge in [-0.1, -0.05) is 12.1 Å². The number of likely N-dealkylation sites (N-methyl/N-ethyl adjacent to an activating group) is 1. The SMILES string of the molecule is CN1CCc2ncnc(N3CCC[C@H]3c3ccc(F)cc3)c2C1. The molecule has 1 aromatic carbocycles. The van der Waals surface area contributed by atoms with E-state index in [1.165, 1.54) is 16.8 Å². The van der Waals surface area contributed by atoms with Crippen molar-refractivity contribution in [2.24, 2.45) is 0 Å². The van der Waals surface area contributed by atoms with Crippen LogP contribution in [0.3, 0.4) is 0 Å². The van der Waals surface area contributed by atoms with Gasteiger partial charge in [0.1, 0.15) is 18.0 Å². The molecule has 0 amide bonds. The summed E-state index contributed by atoms with van der Waals surface area (Å²) >= 11 is 0. The van der Waals surface area contributed by atoms with Crippen LogP contribution in [0.1, 0.15) is 35.7 Å². The van der Waals surface area contributed by atoms with Crippen LogP contribution in [0.2, 0.25) is 0 Å². The van der Waals surface area contributed by atoms with Crippen LogP contribution in [0.4, 0.5) is 10.2 Å². The standard InChI is InChI=1S/C18H21FN4/c1-22-10-8-16-15(11-22)18(21-12-20-16)23-9-2-3-17(23)13-4-6-14(19)7-5-13/h4-7,12,17H,2-3,8-11H2,1H3/t17-/m0/s1. The van der Waals surface area contributed by atoms with Gasteiger partial charge >= 0.3 is 0 Å². The number of halogens is 1. The van der Waals surface area contributed by atoms with Crippen LogP contribution in [-0.2, 0) is 13.0 Å². The van der Waals surface area contributed by atoms with E-state index in [0.29, 0.717) is 0 Å². The number of anilines is 1. The van der Waals surface area contributed by atoms with Crippen molar-refractivity contribution >= 4 is 5.82 Å². The van der Waals surface area contributed by atoms with Gasteiger partial charge in [-0.25, -0.2) is 14.4 Å². The van der Waals surface area contributed by atoms with Gasteiger partial charge in [0.2, 0.25) is 0 Å². The molecule has 2 aromatic rings. The number of aromatic nitrogens is 2. The molecule has 1 saturated heterocycles. The molecule has 23 heavy (non-hydrogen) atoms. The van der Waals surface area contributed by atoms with E-state index in [1.54, 1.807) is 18.5 Å². The molecular weight excluding hydrogens is 291 g/mol. The van der Waals surface area contributed by atoms with Crippen molar-refractivity contribution in [1.29, 1.82) is 0 Å². The Balaban J connectivity index is 1.71. The Labute approximate surface area is 136 Å². The maximum absolute atomic E-state index is 13.2. The monoisotopic (exact) mass is 312 g/mol. The minimum Gasteiger partial charge on any atom is -0.349 e. The van der Waals surface area contributed by atoms with E-state index in [4.69, 9.17) is 0 Å². The average Bonchev–Trinajstić information content (AvgIpc) is 3.04. The molecule has 1 fully saturated rings. The Morgan fingerprint density at radius 1 is 1.13 bits per heavy atom. The predicted molar refractivity (Wildman–Crippen MR) is 87.8 cm³/mol. The molecule has 4 rings (SSSR count). The Bertz CT molecular complexity index is 701. The van der Waals surface area contributed by atoms with Crippen LogP contribution in [0.25, 0.3) is 0 Å². The van der Waals surface area contributed by atoms with Crippen molar-refractivity contribution in [3.8, 4) is 0 Å². The highest BCUT2D eigenvalue weighted by Crippen LogP contribution is 2.38. The zero-order valence-electron chi connectivity index (χ0n) is 13.4. The summed E-state index contributed by atoms with van der Waals surface area (Å²) in [5.74, 6) is 0.882. The highest BCUT2D eigenvalue weighted by molar-refractivity contribution is 5.52. The zero-order valence-corrected chi connectivity index (χ0v) is 13.4. The molecule has 2 aliphatic heterocycles. The molecule has 0 spiro atoms. The lowest BCUT2D eigenvalue weighted by Crippen LogP contribution is -2.32. The number of nitrogens with zero attached hydrogens (tertiary/aromatic N) is 4. The summed E-state index contributed by atoms with van der Waals surface area (Å²) in [4.78, 5) is 13.8. The molecule has 5 heteroatoms. The molecule has 120 valence electrons. The maximum Gasteiger partial charge on any atom is 0.137 e. The van der Waals surface area contributed by atoms with Gasteiger partial charge in [0.25, 0.3) is 0 Å². The Morgan fingerprint density at radius 3 is 2.78 bits per heavy atom. The number of hydrogen-bond donors (Lipinski definition) is 0. The molecule has 0 saturated carbocycles. The summed E-state index contributed by atoms with van der Waals surface area (Å²) in [7, 11) is 2.14. The summed E-state index contributed by atoms with van der Waals surface area (Å²) < 4.78 is 13.2. The molecular formula is C18H21FN4. The van der Waals surface area contributed by atoms with E-state index in [2.05, 4.69) is 26.8 Å². The highest BCUT2D eigenvalue weighted by atomic mass is 19.1. The summed E-state index contributed by atoms with van der Waals surface area (Å²) in [5.41, 5.74) is 3.61. The topological polar surface area (TPSA) is 32.3 Å². The fourth-order valence-corrected chi connectivity index (χ4v) is 3.76. The van der Waals surface area contributed by atoms with Gasteiger partial charge in [0.05, 0.1) is 11.7 Å². The van der Waals surface area contributed by atoms with Gasteiger partial charge in [-0.15, -0.1) is 0 Å². The quantitative estimate of drug-likeness (QED) is 0.853. The van der Waals surface area contributed by atoms with Crippen molar-refractivity contribution in [2.45, 2.75) is 31.8 Å². The highest BCUT2D eigenvalue weighted by Gasteiger charge is 2.30. The van der Waals surface area contributed by atoms with Crippen LogP contribution < -0.4 is 4.90 Å². The van der Waals surface area contributed by atoms with Crippen molar-refractivity contribution in [1.82, 2.24) is 14.9 Å². The molecule has 4 nitrogen and oxygen atoms in total. The van der Waals surface area contributed by atoms with E-state index < -0.39 is 0 Å². The first-order chi connectivity index (χ1) is 11.2. The fraction of sp³-hybridized carbons (Fsp3) is 0.444. The number of benzene rings is 1. The lowest BCUT2D eigenvalue weighted by Gasteiger charge is -2.32. The minimum atomic E-state index is -0.181. The number of hydrogen-bond acceptors (Lipinski definition) is 4. The minimum absolute atomic E-state index is 0.181. The van der Waals surface area contributed by atoms with E-state index >= 15 is 0 Å². The molecule has 1 atom stereocenters. The van der Waals surface area contributed by atoms with Crippen LogP contribution in [-0.4, -0.2) is 35.0 Å². The van der Waals surface area contributed by atoms with Gasteiger partial charge in [0.15, 0.2) is 0 Å². The third-order valence-corrected chi connectivity index (χ3v) is 4.95. The van der Waals surface area contributed by atoms with Gasteiger partial charge in [-0.2, -0.15) is 0 Å². The number of fused-ring (bicyclic) bond motifs is 1. The van der Waals surface area contributed by atoms with Crippen molar-refractivity contribution in [3.63, 3.8) is 0 Å². The zero-order chi connectivity index (χ0) is 15.8. The maximum atomic E-state index is 13.2. The second-order valence-electron chi connectivity index (χ2n) is 6.51. The second-order valence-corrected chi connectivity index (χ2v) is 6.51. The van der Waals surface area contributed by atoms with E-state index in [9.17, 15) is 4.39 Å². The third kappa shape index (κ3) is 2.70. The van der Waals surface area contributed by atoms with Gasteiger partial charge in [-0.05, 0) is 37.6 Å². The second kappa shape index (κ2) is 5.89. The summed E-state index contributed by atoms with van der Waals surface area (Å²) in [6, 6.07) is 7.18. The molecule has 0 unspecified atom stereocenters. The lowest BCUT2D eigenvalue weighted by atomic mass is 10.0. The molecule has 0 bridgehead atoms. The van der Waals surface area contributed by atoms with Crippen LogP contribution in [0.15, 0.2) is 30.6 Å². The Hall–Kier alpha value is -2.01.